The lowest BCUT2D eigenvalue weighted by molar-refractivity contribution is 0.673. The van der Waals surface area contributed by atoms with Gasteiger partial charge in [-0.25, -0.2) is 0 Å². The van der Waals surface area contributed by atoms with Gasteiger partial charge in [-0.1, -0.05) is 42.5 Å². The van der Waals surface area contributed by atoms with Crippen LogP contribution in [-0.2, 0) is 19.3 Å². The molecular weight excluding hydrogens is 244 g/mol. The standard InChI is InChI=1S/C18H18N2/c1-2-9-15-13(6-1)7-5-8-14(15)12-18-16-10-3-4-11-17(16)19-20-18/h1-2,5-9H,3-4,10-12H2,(H,19,20). The molecule has 0 unspecified atom stereocenters. The zero-order valence-corrected chi connectivity index (χ0v) is 11.5. The molecule has 1 heterocycles. The lowest BCUT2D eigenvalue weighted by Crippen LogP contribution is -2.03. The summed E-state index contributed by atoms with van der Waals surface area (Å²) in [6.07, 6.45) is 5.88. The second-order valence-electron chi connectivity index (χ2n) is 5.65. The molecule has 4 rings (SSSR count). The van der Waals surface area contributed by atoms with E-state index in [1.165, 1.54) is 52.5 Å². The summed E-state index contributed by atoms with van der Waals surface area (Å²) in [5, 5.41) is 10.5. The Labute approximate surface area is 118 Å². The molecule has 1 aromatic heterocycles. The van der Waals surface area contributed by atoms with E-state index in [2.05, 4.69) is 52.7 Å². The third-order valence-electron chi connectivity index (χ3n) is 4.38. The van der Waals surface area contributed by atoms with Gasteiger partial charge in [0.05, 0.1) is 5.69 Å². The largest absolute Gasteiger partial charge is 0.282 e. The number of hydrogen-bond acceptors (Lipinski definition) is 1. The fourth-order valence-electron chi connectivity index (χ4n) is 3.32. The highest BCUT2D eigenvalue weighted by Crippen LogP contribution is 2.26. The number of rotatable bonds is 2. The normalized spacial score (nSPS) is 14.4. The van der Waals surface area contributed by atoms with Gasteiger partial charge in [0.25, 0.3) is 0 Å². The third-order valence-corrected chi connectivity index (χ3v) is 4.38. The Morgan fingerprint density at radius 3 is 2.80 bits per heavy atom. The lowest BCUT2D eigenvalue weighted by Gasteiger charge is -2.12. The number of hydrogen-bond donors (Lipinski definition) is 1. The molecule has 0 bridgehead atoms. The van der Waals surface area contributed by atoms with Gasteiger partial charge in [0.1, 0.15) is 0 Å². The number of benzene rings is 2. The van der Waals surface area contributed by atoms with Crippen LogP contribution in [0.4, 0.5) is 0 Å². The summed E-state index contributed by atoms with van der Waals surface area (Å²) in [6.45, 7) is 0. The van der Waals surface area contributed by atoms with Gasteiger partial charge in [0.15, 0.2) is 0 Å². The van der Waals surface area contributed by atoms with E-state index in [1.54, 1.807) is 0 Å². The van der Waals surface area contributed by atoms with Crippen LogP contribution >= 0.6 is 0 Å². The van der Waals surface area contributed by atoms with Crippen molar-refractivity contribution in [2.24, 2.45) is 0 Å². The van der Waals surface area contributed by atoms with Crippen molar-refractivity contribution in [3.05, 3.63) is 65.0 Å². The minimum absolute atomic E-state index is 0.938. The van der Waals surface area contributed by atoms with E-state index in [1.807, 2.05) is 0 Å². The number of aromatic amines is 1. The fraction of sp³-hybridized carbons (Fsp3) is 0.278. The maximum absolute atomic E-state index is 4.57. The van der Waals surface area contributed by atoms with Gasteiger partial charge in [0.2, 0.25) is 0 Å². The quantitative estimate of drug-likeness (QED) is 0.742. The number of nitrogens with one attached hydrogen (secondary N) is 1. The monoisotopic (exact) mass is 262 g/mol. The van der Waals surface area contributed by atoms with E-state index >= 15 is 0 Å². The maximum Gasteiger partial charge on any atom is 0.0700 e. The molecule has 2 heteroatoms. The summed E-state index contributed by atoms with van der Waals surface area (Å²) in [5.41, 5.74) is 5.47. The van der Waals surface area contributed by atoms with Crippen molar-refractivity contribution in [1.82, 2.24) is 10.2 Å². The van der Waals surface area contributed by atoms with Crippen LogP contribution in [0.3, 0.4) is 0 Å². The van der Waals surface area contributed by atoms with Crippen LogP contribution in [0.25, 0.3) is 10.8 Å². The van der Waals surface area contributed by atoms with E-state index in [9.17, 15) is 0 Å². The molecule has 3 aromatic rings. The molecule has 2 aromatic carbocycles. The minimum atomic E-state index is 0.938. The highest BCUT2D eigenvalue weighted by Gasteiger charge is 2.17. The molecule has 0 fully saturated rings. The summed E-state index contributed by atoms with van der Waals surface area (Å²) in [5.74, 6) is 0. The Morgan fingerprint density at radius 1 is 0.950 bits per heavy atom. The first-order chi connectivity index (χ1) is 9.92. The molecule has 0 saturated carbocycles. The second-order valence-corrected chi connectivity index (χ2v) is 5.65. The van der Waals surface area contributed by atoms with Crippen molar-refractivity contribution in [2.75, 3.05) is 0 Å². The zero-order valence-electron chi connectivity index (χ0n) is 11.5. The summed E-state index contributed by atoms with van der Waals surface area (Å²) in [7, 11) is 0. The smallest absolute Gasteiger partial charge is 0.0700 e. The van der Waals surface area contributed by atoms with Crippen LogP contribution in [0.2, 0.25) is 0 Å². The van der Waals surface area contributed by atoms with Gasteiger partial charge in [-0.3, -0.25) is 5.10 Å². The van der Waals surface area contributed by atoms with Gasteiger partial charge in [-0.05, 0) is 47.6 Å². The van der Waals surface area contributed by atoms with E-state index in [0.29, 0.717) is 0 Å². The molecule has 0 aliphatic heterocycles. The van der Waals surface area contributed by atoms with Crippen molar-refractivity contribution < 1.29 is 0 Å². The lowest BCUT2D eigenvalue weighted by atomic mass is 9.93. The molecule has 20 heavy (non-hydrogen) atoms. The van der Waals surface area contributed by atoms with Crippen molar-refractivity contribution in [3.8, 4) is 0 Å². The predicted molar refractivity (Wildman–Crippen MR) is 82.0 cm³/mol. The summed E-state index contributed by atoms with van der Waals surface area (Å²) in [4.78, 5) is 0. The number of aryl methyl sites for hydroxylation is 1. The average molecular weight is 262 g/mol. The topological polar surface area (TPSA) is 28.7 Å². The SMILES string of the molecule is c1ccc2c(Cc3n[nH]c4c3CCCC4)cccc2c1. The fourth-order valence-corrected chi connectivity index (χ4v) is 3.32. The number of nitrogens with zero attached hydrogens (tertiary/aromatic N) is 1. The van der Waals surface area contributed by atoms with Gasteiger partial charge in [-0.2, -0.15) is 5.10 Å². The van der Waals surface area contributed by atoms with Crippen LogP contribution in [-0.4, -0.2) is 10.2 Å². The molecular formula is C18H18N2. The van der Waals surface area contributed by atoms with E-state index < -0.39 is 0 Å². The van der Waals surface area contributed by atoms with Crippen molar-refractivity contribution in [3.63, 3.8) is 0 Å². The van der Waals surface area contributed by atoms with Crippen LogP contribution in [0.15, 0.2) is 42.5 Å². The average Bonchev–Trinajstić information content (AvgIpc) is 2.91. The zero-order chi connectivity index (χ0) is 13.4. The highest BCUT2D eigenvalue weighted by molar-refractivity contribution is 5.85. The van der Waals surface area contributed by atoms with Crippen molar-refractivity contribution in [1.29, 1.82) is 0 Å². The highest BCUT2D eigenvalue weighted by atomic mass is 15.1. The third kappa shape index (κ3) is 1.92. The summed E-state index contributed by atoms with van der Waals surface area (Å²) < 4.78 is 0. The first-order valence-corrected chi connectivity index (χ1v) is 7.43. The molecule has 0 atom stereocenters. The van der Waals surface area contributed by atoms with E-state index in [0.717, 1.165) is 12.8 Å². The Bertz CT molecular complexity index is 750. The van der Waals surface area contributed by atoms with Gasteiger partial charge < -0.3 is 0 Å². The molecule has 1 aliphatic carbocycles. The molecule has 1 aliphatic rings. The predicted octanol–water partition coefficient (Wildman–Crippen LogP) is 4.03. The van der Waals surface area contributed by atoms with Gasteiger partial charge in [-0.15, -0.1) is 0 Å². The van der Waals surface area contributed by atoms with Crippen LogP contribution < -0.4 is 0 Å². The van der Waals surface area contributed by atoms with Gasteiger partial charge in [0, 0.05) is 12.1 Å². The Kier molecular flexibility index (Phi) is 2.80. The van der Waals surface area contributed by atoms with Crippen LogP contribution in [0, 0.1) is 0 Å². The molecule has 100 valence electrons. The number of aromatic nitrogens is 2. The van der Waals surface area contributed by atoms with Crippen molar-refractivity contribution >= 4 is 10.8 Å². The molecule has 0 spiro atoms. The molecule has 1 N–H and O–H groups in total. The van der Waals surface area contributed by atoms with Crippen LogP contribution in [0.5, 0.6) is 0 Å². The number of H-pyrrole nitrogens is 1. The van der Waals surface area contributed by atoms with E-state index in [4.69, 9.17) is 0 Å². The van der Waals surface area contributed by atoms with E-state index in [-0.39, 0.29) is 0 Å². The Morgan fingerprint density at radius 2 is 1.80 bits per heavy atom. The van der Waals surface area contributed by atoms with Gasteiger partial charge >= 0.3 is 0 Å². The Balaban J connectivity index is 1.76. The first-order valence-electron chi connectivity index (χ1n) is 7.43. The van der Waals surface area contributed by atoms with Crippen LogP contribution in [0.1, 0.15) is 35.4 Å². The maximum atomic E-state index is 4.57. The summed E-state index contributed by atoms with van der Waals surface area (Å²) >= 11 is 0. The van der Waals surface area contributed by atoms with Crippen molar-refractivity contribution in [2.45, 2.75) is 32.1 Å². The molecule has 0 radical (unpaired) electrons. The number of fused-ring (bicyclic) bond motifs is 2. The minimum Gasteiger partial charge on any atom is -0.282 e. The first kappa shape index (κ1) is 11.7. The summed E-state index contributed by atoms with van der Waals surface area (Å²) in [6, 6.07) is 15.2. The molecule has 0 amide bonds. The molecule has 0 saturated heterocycles. The second kappa shape index (κ2) is 4.78. The Hall–Kier alpha value is -2.09. The molecule has 2 nitrogen and oxygen atoms in total.